The van der Waals surface area contributed by atoms with Gasteiger partial charge in [-0.05, 0) is 18.9 Å². The highest BCUT2D eigenvalue weighted by Crippen LogP contribution is 2.24. The molecule has 18 heavy (non-hydrogen) atoms. The lowest BCUT2D eigenvalue weighted by Crippen LogP contribution is -2.23. The first kappa shape index (κ1) is 13.9. The van der Waals surface area contributed by atoms with Gasteiger partial charge in [0.05, 0.1) is 11.3 Å². The van der Waals surface area contributed by atoms with Crippen molar-refractivity contribution < 1.29 is 14.8 Å². The van der Waals surface area contributed by atoms with E-state index >= 15 is 0 Å². The summed E-state index contributed by atoms with van der Waals surface area (Å²) in [6.07, 6.45) is 1.94. The highest BCUT2D eigenvalue weighted by atomic mass is 16.6. The minimum atomic E-state index is -0.955. The molecule has 0 spiro atoms. The van der Waals surface area contributed by atoms with Crippen LogP contribution in [0.25, 0.3) is 0 Å². The molecule has 0 aliphatic carbocycles. The number of nitro groups is 1. The van der Waals surface area contributed by atoms with Gasteiger partial charge in [0, 0.05) is 18.3 Å². The maximum Gasteiger partial charge on any atom is 0.311 e. The number of hydrogen-bond acceptors (Lipinski definition) is 5. The number of carboxylic acid groups (broad SMARTS) is 1. The number of aryl methyl sites for hydroxylation is 1. The summed E-state index contributed by atoms with van der Waals surface area (Å²) >= 11 is 0. The highest BCUT2D eigenvalue weighted by molar-refractivity contribution is 5.68. The number of anilines is 1. The van der Waals surface area contributed by atoms with E-state index in [1.54, 1.807) is 13.8 Å². The molecule has 0 aromatic carbocycles. The average molecular weight is 253 g/mol. The monoisotopic (exact) mass is 253 g/mol. The van der Waals surface area contributed by atoms with Crippen LogP contribution in [-0.4, -0.2) is 27.0 Å². The quantitative estimate of drug-likeness (QED) is 0.593. The lowest BCUT2D eigenvalue weighted by atomic mass is 10.1. The van der Waals surface area contributed by atoms with E-state index in [0.29, 0.717) is 12.0 Å². The molecule has 0 saturated heterocycles. The molecule has 7 heteroatoms. The zero-order chi connectivity index (χ0) is 13.7. The van der Waals surface area contributed by atoms with Crippen molar-refractivity contribution in [2.24, 2.45) is 0 Å². The van der Waals surface area contributed by atoms with Crippen LogP contribution in [0.3, 0.4) is 0 Å². The molecule has 2 N–H and O–H groups in total. The third-order valence-electron chi connectivity index (χ3n) is 2.46. The van der Waals surface area contributed by atoms with Gasteiger partial charge >= 0.3 is 11.7 Å². The first-order valence-corrected chi connectivity index (χ1v) is 5.53. The topological polar surface area (TPSA) is 105 Å². The minimum absolute atomic E-state index is 0.108. The number of aromatic nitrogens is 1. The van der Waals surface area contributed by atoms with E-state index in [1.165, 1.54) is 12.3 Å². The Labute approximate surface area is 104 Å². The number of aliphatic carboxylic acids is 1. The summed E-state index contributed by atoms with van der Waals surface area (Å²) in [5.41, 5.74) is 0.539. The van der Waals surface area contributed by atoms with Crippen LogP contribution in [0.4, 0.5) is 11.5 Å². The summed E-state index contributed by atoms with van der Waals surface area (Å²) in [5, 5.41) is 22.4. The summed E-state index contributed by atoms with van der Waals surface area (Å²) in [5.74, 6) is -0.845. The smallest absolute Gasteiger partial charge is 0.311 e. The van der Waals surface area contributed by atoms with Crippen molar-refractivity contribution in [1.82, 2.24) is 4.98 Å². The molecule has 98 valence electrons. The maximum absolute atomic E-state index is 10.9. The third-order valence-corrected chi connectivity index (χ3v) is 2.46. The van der Waals surface area contributed by atoms with Gasteiger partial charge in [-0.15, -0.1) is 0 Å². The third kappa shape index (κ3) is 3.69. The lowest BCUT2D eigenvalue weighted by Gasteiger charge is -2.15. The summed E-state index contributed by atoms with van der Waals surface area (Å²) in [7, 11) is 0. The van der Waals surface area contributed by atoms with Gasteiger partial charge in [0.1, 0.15) is 0 Å². The predicted molar refractivity (Wildman–Crippen MR) is 65.6 cm³/mol. The molecular formula is C11H15N3O4. The fraction of sp³-hybridized carbons (Fsp3) is 0.455. The van der Waals surface area contributed by atoms with Crippen LogP contribution < -0.4 is 5.32 Å². The van der Waals surface area contributed by atoms with Crippen LogP contribution in [0, 0.1) is 17.0 Å². The fourth-order valence-electron chi connectivity index (χ4n) is 1.51. The molecule has 0 aliphatic rings. The van der Waals surface area contributed by atoms with Crippen LogP contribution in [0.15, 0.2) is 12.3 Å². The van der Waals surface area contributed by atoms with Crippen LogP contribution in [-0.2, 0) is 4.79 Å². The first-order valence-electron chi connectivity index (χ1n) is 5.53. The number of hydrogen-bond donors (Lipinski definition) is 2. The number of nitrogens with zero attached hydrogens (tertiary/aromatic N) is 2. The van der Waals surface area contributed by atoms with E-state index in [0.717, 1.165) is 0 Å². The van der Waals surface area contributed by atoms with Gasteiger partial charge in [-0.25, -0.2) is 4.98 Å². The van der Waals surface area contributed by atoms with E-state index in [2.05, 4.69) is 10.3 Å². The first-order chi connectivity index (χ1) is 8.43. The number of carboxylic acids is 1. The number of nitrogens with one attached hydrogen (secondary N) is 1. The van der Waals surface area contributed by atoms with Crippen molar-refractivity contribution >= 4 is 17.5 Å². The fourth-order valence-corrected chi connectivity index (χ4v) is 1.51. The van der Waals surface area contributed by atoms with E-state index in [1.807, 2.05) is 0 Å². The van der Waals surface area contributed by atoms with Crippen molar-refractivity contribution in [3.05, 3.63) is 27.9 Å². The average Bonchev–Trinajstić information content (AvgIpc) is 2.29. The number of carbonyl (C=O) groups is 1. The van der Waals surface area contributed by atoms with Crippen LogP contribution >= 0.6 is 0 Å². The standard InChI is InChI=1S/C11H15N3O4/c1-3-8(5-10(15)16)13-11-9(14(17)18)4-7(2)6-12-11/h4,6,8H,3,5H2,1-2H3,(H,12,13)(H,15,16). The summed E-state index contributed by atoms with van der Waals surface area (Å²) < 4.78 is 0. The Morgan fingerprint density at radius 3 is 2.83 bits per heavy atom. The number of pyridine rings is 1. The maximum atomic E-state index is 10.9. The molecule has 0 saturated carbocycles. The Balaban J connectivity index is 2.95. The Bertz CT molecular complexity index is 462. The van der Waals surface area contributed by atoms with Crippen LogP contribution in [0.5, 0.6) is 0 Å². The molecule has 1 atom stereocenters. The van der Waals surface area contributed by atoms with E-state index in [9.17, 15) is 14.9 Å². The highest BCUT2D eigenvalue weighted by Gasteiger charge is 2.19. The van der Waals surface area contributed by atoms with Crippen LogP contribution in [0.2, 0.25) is 0 Å². The van der Waals surface area contributed by atoms with Gasteiger partial charge in [0.25, 0.3) is 0 Å². The van der Waals surface area contributed by atoms with Crippen molar-refractivity contribution in [3.63, 3.8) is 0 Å². The van der Waals surface area contributed by atoms with E-state index in [4.69, 9.17) is 5.11 Å². The molecule has 0 fully saturated rings. The Hall–Kier alpha value is -2.18. The second kappa shape index (κ2) is 5.95. The second-order valence-corrected chi connectivity index (χ2v) is 3.98. The molecule has 0 radical (unpaired) electrons. The Morgan fingerprint density at radius 1 is 1.67 bits per heavy atom. The summed E-state index contributed by atoms with van der Waals surface area (Å²) in [4.78, 5) is 24.9. The van der Waals surface area contributed by atoms with Gasteiger partial charge in [-0.3, -0.25) is 14.9 Å². The molecular weight excluding hydrogens is 238 g/mol. The number of rotatable bonds is 6. The lowest BCUT2D eigenvalue weighted by molar-refractivity contribution is -0.384. The molecule has 1 aromatic rings. The van der Waals surface area contributed by atoms with Gasteiger partial charge in [0.2, 0.25) is 5.82 Å². The van der Waals surface area contributed by atoms with Gasteiger partial charge in [-0.2, -0.15) is 0 Å². The van der Waals surface area contributed by atoms with E-state index < -0.39 is 10.9 Å². The summed E-state index contributed by atoms with van der Waals surface area (Å²) in [6.45, 7) is 3.51. The van der Waals surface area contributed by atoms with Gasteiger partial charge < -0.3 is 10.4 Å². The van der Waals surface area contributed by atoms with E-state index in [-0.39, 0.29) is 24.0 Å². The van der Waals surface area contributed by atoms with Crippen molar-refractivity contribution in [2.45, 2.75) is 32.7 Å². The molecule has 0 aliphatic heterocycles. The second-order valence-electron chi connectivity index (χ2n) is 3.98. The van der Waals surface area contributed by atoms with Crippen LogP contribution in [0.1, 0.15) is 25.3 Å². The largest absolute Gasteiger partial charge is 0.481 e. The molecule has 1 unspecified atom stereocenters. The molecule has 0 amide bonds. The normalized spacial score (nSPS) is 11.9. The molecule has 1 aromatic heterocycles. The van der Waals surface area contributed by atoms with Gasteiger partial charge in [-0.1, -0.05) is 6.92 Å². The van der Waals surface area contributed by atoms with Gasteiger partial charge in [0.15, 0.2) is 0 Å². The van der Waals surface area contributed by atoms with Crippen molar-refractivity contribution in [1.29, 1.82) is 0 Å². The molecule has 1 heterocycles. The van der Waals surface area contributed by atoms with Crippen molar-refractivity contribution in [2.75, 3.05) is 5.32 Å². The minimum Gasteiger partial charge on any atom is -0.481 e. The van der Waals surface area contributed by atoms with Crippen molar-refractivity contribution in [3.8, 4) is 0 Å². The molecule has 0 bridgehead atoms. The summed E-state index contributed by atoms with van der Waals surface area (Å²) in [6, 6.07) is 1.03. The molecule has 7 nitrogen and oxygen atoms in total. The zero-order valence-electron chi connectivity index (χ0n) is 10.2. The predicted octanol–water partition coefficient (Wildman–Crippen LogP) is 1.96. The SMILES string of the molecule is CCC(CC(=O)O)Nc1ncc(C)cc1[N+](=O)[O-]. The molecule has 1 rings (SSSR count). The Kier molecular flexibility index (Phi) is 4.59. The Morgan fingerprint density at radius 2 is 2.33 bits per heavy atom. The zero-order valence-corrected chi connectivity index (χ0v) is 10.2.